The molecule has 2 aliphatic carbocycles. The fraction of sp³-hybridized carbons (Fsp3) is 0.867. The van der Waals surface area contributed by atoms with Gasteiger partial charge in [0.15, 0.2) is 0 Å². The fourth-order valence-corrected chi connectivity index (χ4v) is 3.13. The first-order valence-corrected chi connectivity index (χ1v) is 7.52. The van der Waals surface area contributed by atoms with Crippen molar-refractivity contribution in [3.63, 3.8) is 0 Å². The van der Waals surface area contributed by atoms with Crippen LogP contribution in [0.5, 0.6) is 0 Å². The maximum atomic E-state index is 12.1. The van der Waals surface area contributed by atoms with Crippen LogP contribution in [0.4, 0.5) is 0 Å². The summed E-state index contributed by atoms with van der Waals surface area (Å²) in [4.78, 5) is 23.3. The number of amides is 1. The molecule has 1 atom stereocenters. The Morgan fingerprint density at radius 2 is 1.53 bits per heavy atom. The van der Waals surface area contributed by atoms with E-state index in [-0.39, 0.29) is 17.7 Å². The van der Waals surface area contributed by atoms with Gasteiger partial charge < -0.3 is 10.4 Å². The van der Waals surface area contributed by atoms with Gasteiger partial charge in [-0.3, -0.25) is 4.79 Å². The van der Waals surface area contributed by atoms with E-state index in [0.717, 1.165) is 44.4 Å². The number of hydrogen-bond acceptors (Lipinski definition) is 2. The Balaban J connectivity index is 1.82. The predicted octanol–water partition coefficient (Wildman–Crippen LogP) is 2.43. The molecule has 4 heteroatoms. The first kappa shape index (κ1) is 14.4. The maximum Gasteiger partial charge on any atom is 0.326 e. The highest BCUT2D eigenvalue weighted by Gasteiger charge is 2.38. The lowest BCUT2D eigenvalue weighted by Gasteiger charge is -2.30. The first-order chi connectivity index (χ1) is 8.99. The van der Waals surface area contributed by atoms with E-state index in [1.54, 1.807) is 0 Å². The zero-order valence-corrected chi connectivity index (χ0v) is 11.9. The third-order valence-electron chi connectivity index (χ3n) is 4.74. The Kier molecular flexibility index (Phi) is 4.48. The van der Waals surface area contributed by atoms with Crippen molar-refractivity contribution >= 4 is 11.9 Å². The van der Waals surface area contributed by atoms with E-state index in [0.29, 0.717) is 5.92 Å². The summed E-state index contributed by atoms with van der Waals surface area (Å²) in [6.45, 7) is 4.47. The Labute approximate surface area is 115 Å². The van der Waals surface area contributed by atoms with Gasteiger partial charge in [-0.2, -0.15) is 0 Å². The van der Waals surface area contributed by atoms with E-state index in [1.165, 1.54) is 0 Å². The van der Waals surface area contributed by atoms with Crippen LogP contribution < -0.4 is 5.32 Å². The molecule has 1 unspecified atom stereocenters. The van der Waals surface area contributed by atoms with Crippen molar-refractivity contribution in [1.29, 1.82) is 0 Å². The molecule has 19 heavy (non-hydrogen) atoms. The second-order valence-electron chi connectivity index (χ2n) is 6.52. The van der Waals surface area contributed by atoms with Gasteiger partial charge in [-0.05, 0) is 56.3 Å². The molecular formula is C15H25NO3. The smallest absolute Gasteiger partial charge is 0.326 e. The molecule has 2 rings (SSSR count). The molecule has 0 aromatic rings. The molecule has 2 saturated carbocycles. The maximum absolute atomic E-state index is 12.1. The molecule has 2 N–H and O–H groups in total. The SMILES string of the molecule is CC(C)C1CCC(C(=O)NC(C(=O)O)C2CC2)CC1. The number of carboxylic acid groups (broad SMARTS) is 1. The quantitative estimate of drug-likeness (QED) is 0.804. The highest BCUT2D eigenvalue weighted by atomic mass is 16.4. The fourth-order valence-electron chi connectivity index (χ4n) is 3.13. The van der Waals surface area contributed by atoms with Crippen LogP contribution in [0, 0.1) is 23.7 Å². The summed E-state index contributed by atoms with van der Waals surface area (Å²) >= 11 is 0. The van der Waals surface area contributed by atoms with Gasteiger partial charge in [-0.15, -0.1) is 0 Å². The van der Waals surface area contributed by atoms with Crippen molar-refractivity contribution in [1.82, 2.24) is 5.32 Å². The number of aliphatic carboxylic acids is 1. The standard InChI is InChI=1S/C15H25NO3/c1-9(2)10-3-7-12(8-4-10)14(17)16-13(15(18)19)11-5-6-11/h9-13H,3-8H2,1-2H3,(H,16,17)(H,18,19). The summed E-state index contributed by atoms with van der Waals surface area (Å²) in [5.74, 6) is 0.669. The molecule has 0 spiro atoms. The van der Waals surface area contributed by atoms with Crippen molar-refractivity contribution in [2.45, 2.75) is 58.4 Å². The molecule has 2 aliphatic rings. The van der Waals surface area contributed by atoms with Crippen LogP contribution in [-0.4, -0.2) is 23.0 Å². The molecule has 0 aliphatic heterocycles. The molecule has 2 fully saturated rings. The van der Waals surface area contributed by atoms with Gasteiger partial charge in [0.1, 0.15) is 6.04 Å². The average molecular weight is 267 g/mol. The molecule has 4 nitrogen and oxygen atoms in total. The zero-order valence-electron chi connectivity index (χ0n) is 11.9. The van der Waals surface area contributed by atoms with Gasteiger partial charge >= 0.3 is 5.97 Å². The van der Waals surface area contributed by atoms with Gasteiger partial charge in [-0.25, -0.2) is 4.79 Å². The van der Waals surface area contributed by atoms with Gasteiger partial charge in [-0.1, -0.05) is 13.8 Å². The second-order valence-corrected chi connectivity index (χ2v) is 6.52. The largest absolute Gasteiger partial charge is 0.480 e. The van der Waals surface area contributed by atoms with Gasteiger partial charge in [0, 0.05) is 5.92 Å². The third-order valence-corrected chi connectivity index (χ3v) is 4.74. The third kappa shape index (κ3) is 3.71. The van der Waals surface area contributed by atoms with Crippen molar-refractivity contribution in [3.8, 4) is 0 Å². The summed E-state index contributed by atoms with van der Waals surface area (Å²) in [6.07, 6.45) is 5.86. The molecule has 0 saturated heterocycles. The minimum Gasteiger partial charge on any atom is -0.480 e. The Hall–Kier alpha value is -1.06. The van der Waals surface area contributed by atoms with Crippen molar-refractivity contribution < 1.29 is 14.7 Å². The molecular weight excluding hydrogens is 242 g/mol. The molecule has 0 aromatic carbocycles. The zero-order chi connectivity index (χ0) is 14.0. The summed E-state index contributed by atoms with van der Waals surface area (Å²) in [6, 6.07) is -0.657. The van der Waals surface area contributed by atoms with E-state index < -0.39 is 12.0 Å². The van der Waals surface area contributed by atoms with Crippen molar-refractivity contribution in [2.75, 3.05) is 0 Å². The number of hydrogen-bond donors (Lipinski definition) is 2. The van der Waals surface area contributed by atoms with E-state index in [9.17, 15) is 9.59 Å². The molecule has 0 bridgehead atoms. The molecule has 1 amide bonds. The summed E-state index contributed by atoms with van der Waals surface area (Å²) in [5.41, 5.74) is 0. The van der Waals surface area contributed by atoms with Crippen LogP contribution >= 0.6 is 0 Å². The second kappa shape index (κ2) is 5.93. The molecule has 0 heterocycles. The topological polar surface area (TPSA) is 66.4 Å². The monoisotopic (exact) mass is 267 g/mol. The van der Waals surface area contributed by atoms with E-state index in [4.69, 9.17) is 5.11 Å². The van der Waals surface area contributed by atoms with Gasteiger partial charge in [0.25, 0.3) is 0 Å². The van der Waals surface area contributed by atoms with E-state index in [1.807, 2.05) is 0 Å². The number of nitrogens with one attached hydrogen (secondary N) is 1. The Morgan fingerprint density at radius 1 is 1.00 bits per heavy atom. The van der Waals surface area contributed by atoms with E-state index >= 15 is 0 Å². The van der Waals surface area contributed by atoms with Crippen molar-refractivity contribution in [3.05, 3.63) is 0 Å². The summed E-state index contributed by atoms with van der Waals surface area (Å²) in [7, 11) is 0. The predicted molar refractivity (Wildman–Crippen MR) is 72.6 cm³/mol. The molecule has 0 aromatic heterocycles. The highest BCUT2D eigenvalue weighted by molar-refractivity contribution is 5.85. The highest BCUT2D eigenvalue weighted by Crippen LogP contribution is 2.35. The number of carbonyl (C=O) groups excluding carboxylic acids is 1. The van der Waals surface area contributed by atoms with Gasteiger partial charge in [0.05, 0.1) is 0 Å². The normalized spacial score (nSPS) is 29.0. The lowest BCUT2D eigenvalue weighted by atomic mass is 9.76. The Bertz CT molecular complexity index is 341. The van der Waals surface area contributed by atoms with Crippen LogP contribution in [0.1, 0.15) is 52.4 Å². The van der Waals surface area contributed by atoms with E-state index in [2.05, 4.69) is 19.2 Å². The van der Waals surface area contributed by atoms with Crippen LogP contribution in [-0.2, 0) is 9.59 Å². The summed E-state index contributed by atoms with van der Waals surface area (Å²) in [5, 5.41) is 11.9. The van der Waals surface area contributed by atoms with Crippen LogP contribution in [0.15, 0.2) is 0 Å². The Morgan fingerprint density at radius 3 is 1.95 bits per heavy atom. The van der Waals surface area contributed by atoms with Crippen LogP contribution in [0.3, 0.4) is 0 Å². The minimum absolute atomic E-state index is 0.0237. The van der Waals surface area contributed by atoms with Crippen molar-refractivity contribution in [2.24, 2.45) is 23.7 Å². The van der Waals surface area contributed by atoms with Crippen LogP contribution in [0.2, 0.25) is 0 Å². The lowest BCUT2D eigenvalue weighted by Crippen LogP contribution is -2.45. The average Bonchev–Trinajstić information content (AvgIpc) is 3.19. The first-order valence-electron chi connectivity index (χ1n) is 7.52. The number of carboxylic acids is 1. The summed E-state index contributed by atoms with van der Waals surface area (Å²) < 4.78 is 0. The molecule has 0 radical (unpaired) electrons. The number of rotatable bonds is 5. The number of carbonyl (C=O) groups is 2. The lowest BCUT2D eigenvalue weighted by molar-refractivity contribution is -0.143. The minimum atomic E-state index is -0.883. The molecule has 108 valence electrons. The van der Waals surface area contributed by atoms with Gasteiger partial charge in [0.2, 0.25) is 5.91 Å². The van der Waals surface area contributed by atoms with Crippen LogP contribution in [0.25, 0.3) is 0 Å².